The number of alkyl halides is 3. The largest absolute Gasteiger partial charge is 0.433 e. The van der Waals surface area contributed by atoms with Crippen molar-refractivity contribution in [1.29, 1.82) is 0 Å². The van der Waals surface area contributed by atoms with E-state index in [4.69, 9.17) is 23.2 Å². The highest BCUT2D eigenvalue weighted by atomic mass is 35.5. The smallest absolute Gasteiger partial charge is 0.354 e. The lowest BCUT2D eigenvalue weighted by atomic mass is 10.3. The van der Waals surface area contributed by atoms with E-state index in [1.54, 1.807) is 4.90 Å². The summed E-state index contributed by atoms with van der Waals surface area (Å²) in [6, 6.07) is 4.99. The van der Waals surface area contributed by atoms with E-state index in [-0.39, 0.29) is 46.9 Å². The highest BCUT2D eigenvalue weighted by Gasteiger charge is 2.34. The van der Waals surface area contributed by atoms with Crippen LogP contribution in [0.3, 0.4) is 0 Å². The molecule has 0 saturated carbocycles. The molecule has 0 atom stereocenters. The number of rotatable bonds is 3. The normalized spacial score (nSPS) is 16.6. The van der Waals surface area contributed by atoms with Gasteiger partial charge in [-0.2, -0.15) is 17.5 Å². The van der Waals surface area contributed by atoms with E-state index in [9.17, 15) is 21.6 Å². The molecular formula is C15H13Cl2F3N4O2S. The summed E-state index contributed by atoms with van der Waals surface area (Å²) in [6.45, 7) is 0.477. The highest BCUT2D eigenvalue weighted by molar-refractivity contribution is 7.89. The molecule has 0 unspecified atom stereocenters. The summed E-state index contributed by atoms with van der Waals surface area (Å²) >= 11 is 11.8. The molecule has 3 rings (SSSR count). The number of benzene rings is 1. The molecule has 12 heteroatoms. The molecule has 0 N–H and O–H groups in total. The van der Waals surface area contributed by atoms with Gasteiger partial charge in [0.05, 0.1) is 5.02 Å². The molecule has 1 saturated heterocycles. The van der Waals surface area contributed by atoms with Gasteiger partial charge in [-0.3, -0.25) is 0 Å². The van der Waals surface area contributed by atoms with E-state index in [1.165, 1.54) is 22.5 Å². The molecule has 1 fully saturated rings. The maximum Gasteiger partial charge on any atom is 0.433 e. The summed E-state index contributed by atoms with van der Waals surface area (Å²) in [5.41, 5.74) is -1.05. The molecule has 27 heavy (non-hydrogen) atoms. The van der Waals surface area contributed by atoms with Gasteiger partial charge in [0.15, 0.2) is 0 Å². The summed E-state index contributed by atoms with van der Waals surface area (Å²) in [6.07, 6.45) is -3.74. The monoisotopic (exact) mass is 440 g/mol. The Morgan fingerprint density at radius 3 is 2.30 bits per heavy atom. The minimum Gasteiger partial charge on any atom is -0.354 e. The van der Waals surface area contributed by atoms with Gasteiger partial charge in [-0.1, -0.05) is 23.2 Å². The summed E-state index contributed by atoms with van der Waals surface area (Å²) in [5, 5.41) is 0.282. The lowest BCUT2D eigenvalue weighted by molar-refractivity contribution is -0.141. The third-order valence-electron chi connectivity index (χ3n) is 4.02. The van der Waals surface area contributed by atoms with E-state index in [0.29, 0.717) is 0 Å². The number of sulfonamides is 1. The second kappa shape index (κ2) is 7.42. The predicted octanol–water partition coefficient (Wildman–Crippen LogP) is 3.31. The number of aromatic nitrogens is 2. The highest BCUT2D eigenvalue weighted by Crippen LogP contribution is 2.31. The molecule has 0 amide bonds. The van der Waals surface area contributed by atoms with E-state index in [0.717, 1.165) is 12.4 Å². The fraction of sp³-hybridized carbons (Fsp3) is 0.333. The molecule has 2 aromatic rings. The number of nitrogens with zero attached hydrogens (tertiary/aromatic N) is 4. The number of hydrogen-bond acceptors (Lipinski definition) is 5. The van der Waals surface area contributed by atoms with Crippen LogP contribution in [0, 0.1) is 0 Å². The van der Waals surface area contributed by atoms with Gasteiger partial charge in [-0.05, 0) is 18.2 Å². The Morgan fingerprint density at radius 1 is 1.00 bits per heavy atom. The van der Waals surface area contributed by atoms with Crippen molar-refractivity contribution in [1.82, 2.24) is 14.3 Å². The minimum absolute atomic E-state index is 0.0486. The summed E-state index contributed by atoms with van der Waals surface area (Å²) in [5.74, 6) is 0.0927. The van der Waals surface area contributed by atoms with Crippen LogP contribution in [0.5, 0.6) is 0 Å². The number of hydrogen-bond donors (Lipinski definition) is 0. The minimum atomic E-state index is -4.58. The van der Waals surface area contributed by atoms with Crippen molar-refractivity contribution >= 4 is 39.0 Å². The van der Waals surface area contributed by atoms with Crippen LogP contribution in [-0.2, 0) is 16.2 Å². The maximum atomic E-state index is 12.8. The van der Waals surface area contributed by atoms with Gasteiger partial charge >= 0.3 is 6.18 Å². The summed E-state index contributed by atoms with van der Waals surface area (Å²) in [4.78, 5) is 8.54. The van der Waals surface area contributed by atoms with E-state index in [2.05, 4.69) is 9.97 Å². The lowest BCUT2D eigenvalue weighted by Gasteiger charge is -2.34. The Labute approximate surface area is 163 Å². The van der Waals surface area contributed by atoms with Gasteiger partial charge in [0.1, 0.15) is 22.7 Å². The van der Waals surface area contributed by atoms with Crippen molar-refractivity contribution in [3.63, 3.8) is 0 Å². The first-order chi connectivity index (χ1) is 12.6. The summed E-state index contributed by atoms with van der Waals surface area (Å²) in [7, 11) is -3.87. The molecule has 0 radical (unpaired) electrons. The molecule has 1 aromatic carbocycles. The zero-order chi connectivity index (χ0) is 19.8. The van der Waals surface area contributed by atoms with Crippen molar-refractivity contribution in [3.8, 4) is 0 Å². The SMILES string of the molecule is O=S(=O)(c1cc(Cl)ccc1Cl)N1CCN(c2cc(C(F)(F)F)ncn2)CC1. The van der Waals surface area contributed by atoms with Gasteiger partial charge in [-0.25, -0.2) is 18.4 Å². The molecule has 2 heterocycles. The molecule has 0 aliphatic carbocycles. The summed E-state index contributed by atoms with van der Waals surface area (Å²) < 4.78 is 65.1. The van der Waals surface area contributed by atoms with Crippen LogP contribution >= 0.6 is 23.2 Å². The van der Waals surface area contributed by atoms with Crippen LogP contribution in [-0.4, -0.2) is 48.9 Å². The third-order valence-corrected chi connectivity index (χ3v) is 6.63. The molecule has 1 aliphatic heterocycles. The van der Waals surface area contributed by atoms with Gasteiger partial charge in [0.25, 0.3) is 0 Å². The predicted molar refractivity (Wildman–Crippen MR) is 94.5 cm³/mol. The zero-order valence-corrected chi connectivity index (χ0v) is 15.9. The average molecular weight is 441 g/mol. The molecule has 1 aromatic heterocycles. The van der Waals surface area contributed by atoms with Gasteiger partial charge in [0, 0.05) is 37.3 Å². The van der Waals surface area contributed by atoms with Crippen LogP contribution in [0.15, 0.2) is 35.5 Å². The number of halogens is 5. The first-order valence-corrected chi connectivity index (χ1v) is 9.88. The Morgan fingerprint density at radius 2 is 1.67 bits per heavy atom. The van der Waals surface area contributed by atoms with Gasteiger partial charge in [-0.15, -0.1) is 0 Å². The fourth-order valence-electron chi connectivity index (χ4n) is 2.65. The Bertz CT molecular complexity index is 948. The maximum absolute atomic E-state index is 12.8. The molecule has 6 nitrogen and oxygen atoms in total. The van der Waals surface area contributed by atoms with Crippen LogP contribution < -0.4 is 4.90 Å². The quantitative estimate of drug-likeness (QED) is 0.732. The average Bonchev–Trinajstić information content (AvgIpc) is 2.63. The Kier molecular flexibility index (Phi) is 5.53. The van der Waals surface area contributed by atoms with Crippen LogP contribution in [0.1, 0.15) is 5.69 Å². The standard InChI is InChI=1S/C15H13Cl2F3N4O2S/c16-10-1-2-11(17)12(7-10)27(25,26)24-5-3-23(4-6-24)14-8-13(15(18,19)20)21-9-22-14/h1-2,7-9H,3-6H2. The van der Waals surface area contributed by atoms with Crippen molar-refractivity contribution in [2.24, 2.45) is 0 Å². The second-order valence-electron chi connectivity index (χ2n) is 5.73. The molecule has 146 valence electrons. The van der Waals surface area contributed by atoms with Gasteiger partial charge in [0.2, 0.25) is 10.0 Å². The first kappa shape index (κ1) is 20.1. The number of piperazine rings is 1. The Balaban J connectivity index is 1.77. The molecule has 0 spiro atoms. The van der Waals surface area contributed by atoms with Crippen molar-refractivity contribution in [3.05, 3.63) is 46.3 Å². The second-order valence-corrected chi connectivity index (χ2v) is 8.48. The van der Waals surface area contributed by atoms with Crippen LogP contribution in [0.2, 0.25) is 10.0 Å². The van der Waals surface area contributed by atoms with E-state index < -0.39 is 21.9 Å². The molecule has 1 aliphatic rings. The zero-order valence-electron chi connectivity index (χ0n) is 13.6. The Hall–Kier alpha value is -1.62. The first-order valence-electron chi connectivity index (χ1n) is 7.68. The molecule has 0 bridgehead atoms. The topological polar surface area (TPSA) is 66.4 Å². The van der Waals surface area contributed by atoms with Crippen molar-refractivity contribution in [2.75, 3.05) is 31.1 Å². The fourth-order valence-corrected chi connectivity index (χ4v) is 4.81. The van der Waals surface area contributed by atoms with Crippen molar-refractivity contribution in [2.45, 2.75) is 11.1 Å². The van der Waals surface area contributed by atoms with Crippen molar-refractivity contribution < 1.29 is 21.6 Å². The van der Waals surface area contributed by atoms with Crippen LogP contribution in [0.4, 0.5) is 19.0 Å². The van der Waals surface area contributed by atoms with Crippen LogP contribution in [0.25, 0.3) is 0 Å². The number of anilines is 1. The third kappa shape index (κ3) is 4.29. The van der Waals surface area contributed by atoms with E-state index in [1.807, 2.05) is 0 Å². The molecular weight excluding hydrogens is 428 g/mol. The van der Waals surface area contributed by atoms with Gasteiger partial charge < -0.3 is 4.90 Å². The lowest BCUT2D eigenvalue weighted by Crippen LogP contribution is -2.49. The van der Waals surface area contributed by atoms with E-state index >= 15 is 0 Å².